The smallest absolute Gasteiger partial charge is 0.138 e. The largest absolute Gasteiger partial charge is 0.759 e. The van der Waals surface area contributed by atoms with Gasteiger partial charge in [0.05, 0.1) is 5.69 Å². The summed E-state index contributed by atoms with van der Waals surface area (Å²) in [6.07, 6.45) is 0. The first-order chi connectivity index (χ1) is 5.80. The van der Waals surface area contributed by atoms with Gasteiger partial charge in [-0.3, -0.25) is 8.42 Å². The molecule has 74 valence electrons. The first-order valence-corrected chi connectivity index (χ1v) is 4.34. The molecule has 0 unspecified atom stereocenters. The molecule has 0 heterocycles. The van der Waals surface area contributed by atoms with Crippen molar-refractivity contribution in [1.29, 1.82) is 0 Å². The highest BCUT2D eigenvalue weighted by atomic mass is 32.3. The monoisotopic (exact) mass is 205 g/mol. The van der Waals surface area contributed by atoms with Crippen LogP contribution in [0.2, 0.25) is 0 Å². The number of benzene rings is 1. The zero-order valence-corrected chi connectivity index (χ0v) is 7.19. The van der Waals surface area contributed by atoms with E-state index in [2.05, 4.69) is 0 Å². The third-order valence-corrected chi connectivity index (χ3v) is 0.937. The molecule has 0 bridgehead atoms. The Morgan fingerprint density at radius 1 is 1.23 bits per heavy atom. The van der Waals surface area contributed by atoms with E-state index >= 15 is 0 Å². The van der Waals surface area contributed by atoms with Crippen molar-refractivity contribution < 1.29 is 22.6 Å². The van der Waals surface area contributed by atoms with Crippen molar-refractivity contribution in [2.75, 3.05) is 5.73 Å². The molecule has 13 heavy (non-hydrogen) atoms. The van der Waals surface area contributed by atoms with E-state index in [1.807, 2.05) is 0 Å². The Morgan fingerprint density at radius 3 is 1.85 bits per heavy atom. The van der Waals surface area contributed by atoms with Crippen LogP contribution in [0.15, 0.2) is 24.3 Å². The van der Waals surface area contributed by atoms with E-state index in [0.29, 0.717) is 5.69 Å². The van der Waals surface area contributed by atoms with Gasteiger partial charge in [-0.1, -0.05) is 12.1 Å². The second kappa shape index (κ2) is 4.65. The predicted molar refractivity (Wildman–Crippen MR) is 43.0 cm³/mol. The van der Waals surface area contributed by atoms with E-state index in [-0.39, 0.29) is 5.75 Å². The molecule has 0 aliphatic heterocycles. The molecular formula is C6H7NO5S-2. The topological polar surface area (TPSA) is 127 Å². The summed E-state index contributed by atoms with van der Waals surface area (Å²) in [7, 11) is -5.17. The first-order valence-electron chi connectivity index (χ1n) is 3.01. The molecule has 6 nitrogen and oxygen atoms in total. The van der Waals surface area contributed by atoms with E-state index in [1.165, 1.54) is 0 Å². The minimum absolute atomic E-state index is 0.146. The number of aromatic hydroxyl groups is 1. The number of phenolic OH excluding ortho intramolecular Hbond substituents is 1. The molecule has 1 rings (SSSR count). The van der Waals surface area contributed by atoms with Crippen LogP contribution >= 0.6 is 0 Å². The van der Waals surface area contributed by atoms with Crippen LogP contribution in [-0.2, 0) is 10.4 Å². The van der Waals surface area contributed by atoms with Gasteiger partial charge in [0.25, 0.3) is 0 Å². The van der Waals surface area contributed by atoms with Crippen molar-refractivity contribution >= 4 is 16.1 Å². The third-order valence-electron chi connectivity index (χ3n) is 0.937. The zero-order chi connectivity index (χ0) is 10.5. The SMILES string of the molecule is Nc1ccccc1O.O=S(=O)([O-])[O-]. The number of nitrogens with two attached hydrogens (primary N) is 1. The summed E-state index contributed by atoms with van der Waals surface area (Å²) in [6.45, 7) is 0. The molecule has 0 fully saturated rings. The number of anilines is 1. The molecule has 0 aliphatic rings. The highest BCUT2D eigenvalue weighted by molar-refractivity contribution is 7.79. The van der Waals surface area contributed by atoms with Crippen LogP contribution in [0, 0.1) is 0 Å². The summed E-state index contributed by atoms with van der Waals surface area (Å²) in [5, 5.41) is 8.79. The standard InChI is InChI=1S/C6H7NO.H2O4S/c7-5-3-1-2-4-6(5)8;1-5(2,3)4/h1-4,8H,7H2;(H2,1,2,3,4)/p-2. The molecule has 0 aliphatic carbocycles. The fourth-order valence-corrected chi connectivity index (χ4v) is 0.488. The highest BCUT2D eigenvalue weighted by Gasteiger charge is 1.87. The van der Waals surface area contributed by atoms with Crippen LogP contribution in [0.4, 0.5) is 5.69 Å². The van der Waals surface area contributed by atoms with Gasteiger partial charge >= 0.3 is 0 Å². The summed E-state index contributed by atoms with van der Waals surface area (Å²) in [5.41, 5.74) is 5.69. The molecule has 3 N–H and O–H groups in total. The number of nitrogen functional groups attached to an aromatic ring is 1. The van der Waals surface area contributed by atoms with Crippen molar-refractivity contribution in [3.05, 3.63) is 24.3 Å². The minimum Gasteiger partial charge on any atom is -0.759 e. The van der Waals surface area contributed by atoms with Crippen LogP contribution in [0.3, 0.4) is 0 Å². The molecule has 0 spiro atoms. The van der Waals surface area contributed by atoms with Gasteiger partial charge in [-0.25, -0.2) is 0 Å². The molecule has 0 amide bonds. The Labute approximate surface area is 75.2 Å². The Bertz CT molecular complexity index is 332. The van der Waals surface area contributed by atoms with Gasteiger partial charge in [-0.2, -0.15) is 0 Å². The lowest BCUT2D eigenvalue weighted by atomic mass is 10.3. The fraction of sp³-hybridized carbons (Fsp3) is 0. The second-order valence-electron chi connectivity index (χ2n) is 1.97. The van der Waals surface area contributed by atoms with Crippen molar-refractivity contribution in [3.63, 3.8) is 0 Å². The van der Waals surface area contributed by atoms with Crippen molar-refractivity contribution in [2.45, 2.75) is 0 Å². The Kier molecular flexibility index (Phi) is 4.18. The maximum absolute atomic E-state index is 8.79. The van der Waals surface area contributed by atoms with Gasteiger partial charge in [-0.05, 0) is 12.1 Å². The Morgan fingerprint density at radius 2 is 1.62 bits per heavy atom. The van der Waals surface area contributed by atoms with Crippen LogP contribution in [-0.4, -0.2) is 22.6 Å². The number of rotatable bonds is 0. The average molecular weight is 205 g/mol. The van der Waals surface area contributed by atoms with Gasteiger partial charge < -0.3 is 19.9 Å². The molecule has 0 aromatic heterocycles. The Balaban J connectivity index is 0.000000252. The predicted octanol–water partition coefficient (Wildman–Crippen LogP) is -0.364. The fourth-order valence-electron chi connectivity index (χ4n) is 0.488. The van der Waals surface area contributed by atoms with Crippen LogP contribution in [0.5, 0.6) is 5.75 Å². The van der Waals surface area contributed by atoms with Crippen molar-refractivity contribution in [2.24, 2.45) is 0 Å². The minimum atomic E-state index is -5.17. The normalized spacial score (nSPS) is 10.0. The summed E-state index contributed by atoms with van der Waals surface area (Å²) >= 11 is 0. The van der Waals surface area contributed by atoms with Crippen molar-refractivity contribution in [3.8, 4) is 5.75 Å². The number of phenols is 1. The molecule has 1 aromatic rings. The van der Waals surface area contributed by atoms with E-state index in [9.17, 15) is 0 Å². The highest BCUT2D eigenvalue weighted by Crippen LogP contribution is 2.16. The lowest BCUT2D eigenvalue weighted by Gasteiger charge is -2.06. The molecule has 0 saturated heterocycles. The van der Waals surface area contributed by atoms with Gasteiger partial charge in [0, 0.05) is 10.4 Å². The molecule has 0 radical (unpaired) electrons. The van der Waals surface area contributed by atoms with Crippen LogP contribution in [0.1, 0.15) is 0 Å². The lowest BCUT2D eigenvalue weighted by molar-refractivity contribution is 0.352. The second-order valence-corrected chi connectivity index (χ2v) is 2.78. The van der Waals surface area contributed by atoms with Crippen molar-refractivity contribution in [1.82, 2.24) is 0 Å². The van der Waals surface area contributed by atoms with Crippen LogP contribution in [0.25, 0.3) is 0 Å². The van der Waals surface area contributed by atoms with E-state index in [4.69, 9.17) is 28.4 Å². The molecule has 1 aromatic carbocycles. The van der Waals surface area contributed by atoms with E-state index in [0.717, 1.165) is 0 Å². The molecule has 0 saturated carbocycles. The number of hydrogen-bond acceptors (Lipinski definition) is 6. The molecular weight excluding hydrogens is 198 g/mol. The van der Waals surface area contributed by atoms with Gasteiger partial charge in [-0.15, -0.1) is 0 Å². The Hall–Kier alpha value is -1.31. The first kappa shape index (κ1) is 11.7. The number of hydrogen-bond donors (Lipinski definition) is 2. The maximum atomic E-state index is 8.79. The third kappa shape index (κ3) is 8.60. The maximum Gasteiger partial charge on any atom is 0.138 e. The van der Waals surface area contributed by atoms with Gasteiger partial charge in [0.1, 0.15) is 5.75 Å². The van der Waals surface area contributed by atoms with Gasteiger partial charge in [0.2, 0.25) is 0 Å². The van der Waals surface area contributed by atoms with Crippen LogP contribution < -0.4 is 5.73 Å². The van der Waals surface area contributed by atoms with E-state index in [1.54, 1.807) is 24.3 Å². The quantitative estimate of drug-likeness (QED) is 0.257. The van der Waals surface area contributed by atoms with Gasteiger partial charge in [0.15, 0.2) is 0 Å². The summed E-state index contributed by atoms with van der Waals surface area (Å²) < 4.78 is 34.1. The summed E-state index contributed by atoms with van der Waals surface area (Å²) in [6, 6.07) is 6.70. The zero-order valence-electron chi connectivity index (χ0n) is 6.38. The average Bonchev–Trinajstić information content (AvgIpc) is 1.92. The number of para-hydroxylation sites is 2. The van der Waals surface area contributed by atoms with E-state index < -0.39 is 10.4 Å². The summed E-state index contributed by atoms with van der Waals surface area (Å²) in [5.74, 6) is 0.146. The lowest BCUT2D eigenvalue weighted by Crippen LogP contribution is -1.91. The molecule has 0 atom stereocenters. The summed E-state index contributed by atoms with van der Waals surface area (Å²) in [4.78, 5) is 0. The molecule has 7 heteroatoms.